The third-order valence-corrected chi connectivity index (χ3v) is 8.14. The summed E-state index contributed by atoms with van der Waals surface area (Å²) in [5, 5.41) is 8.04. The minimum Gasteiger partial charge on any atom is -0.469 e. The van der Waals surface area contributed by atoms with E-state index in [1.165, 1.54) is 19.2 Å². The van der Waals surface area contributed by atoms with E-state index >= 15 is 0 Å². The third-order valence-electron chi connectivity index (χ3n) is 5.93. The number of nitrogens with one attached hydrogen (secondary N) is 1. The first-order chi connectivity index (χ1) is 17.7. The molecule has 0 amide bonds. The molecule has 194 valence electrons. The fraction of sp³-hybridized carbons (Fsp3) is 0.231. The van der Waals surface area contributed by atoms with Crippen molar-refractivity contribution in [2.24, 2.45) is 5.10 Å². The second-order valence-corrected chi connectivity index (χ2v) is 11.5. The van der Waals surface area contributed by atoms with Crippen molar-refractivity contribution in [3.05, 3.63) is 92.9 Å². The fourth-order valence-electron chi connectivity index (χ4n) is 3.96. The van der Waals surface area contributed by atoms with Crippen LogP contribution in [-0.4, -0.2) is 33.8 Å². The number of carbonyl (C=O) groups is 1. The summed E-state index contributed by atoms with van der Waals surface area (Å²) in [4.78, 5) is 11.5. The molecule has 1 heterocycles. The lowest BCUT2D eigenvalue weighted by atomic mass is 10.0. The number of hydrogen-bond donors (Lipinski definition) is 1. The molecule has 7 nitrogen and oxygen atoms in total. The number of sulfonamides is 1. The Hall–Kier alpha value is -2.62. The molecule has 0 bridgehead atoms. The average Bonchev–Trinajstić information content (AvgIpc) is 3.31. The molecular weight excluding hydrogens is 557 g/mol. The predicted molar refractivity (Wildman–Crippen MR) is 147 cm³/mol. The molecule has 1 atom stereocenters. The molecule has 1 N–H and O–H groups in total. The molecule has 1 aliphatic heterocycles. The molecule has 0 aliphatic carbocycles. The Labute approximate surface area is 231 Å². The van der Waals surface area contributed by atoms with E-state index in [2.05, 4.69) is 9.46 Å². The van der Waals surface area contributed by atoms with Crippen LogP contribution in [0, 0.1) is 0 Å². The molecule has 4 rings (SSSR count). The van der Waals surface area contributed by atoms with Gasteiger partial charge >= 0.3 is 5.97 Å². The van der Waals surface area contributed by atoms with E-state index in [9.17, 15) is 13.2 Å². The monoisotopic (exact) mass is 579 g/mol. The number of hydrogen-bond acceptors (Lipinski definition) is 6. The van der Waals surface area contributed by atoms with E-state index in [1.807, 2.05) is 12.1 Å². The van der Waals surface area contributed by atoms with E-state index in [-0.39, 0.29) is 29.9 Å². The standard InChI is InChI=1S/C26H24Cl3N3O4S/c1-36-26(33)13-4-17-2-10-22(11-3-17)37(34,35)30-16-21-15-25(18-5-7-19(27)8-6-18)32(31-21)24-12-9-20(28)14-23(24)29/h2-3,5-12,14,25,30H,4,13,15-16H2,1H3. The van der Waals surface area contributed by atoms with Gasteiger partial charge in [-0.2, -0.15) is 5.10 Å². The van der Waals surface area contributed by atoms with Crippen LogP contribution in [0.2, 0.25) is 15.1 Å². The van der Waals surface area contributed by atoms with E-state index in [1.54, 1.807) is 47.5 Å². The highest BCUT2D eigenvalue weighted by atomic mass is 35.5. The molecule has 3 aromatic rings. The lowest BCUT2D eigenvalue weighted by molar-refractivity contribution is -0.140. The molecule has 0 fully saturated rings. The van der Waals surface area contributed by atoms with Gasteiger partial charge in [-0.3, -0.25) is 9.80 Å². The summed E-state index contributed by atoms with van der Waals surface area (Å²) >= 11 is 18.6. The molecule has 0 saturated heterocycles. The number of esters is 1. The second kappa shape index (κ2) is 11.8. The van der Waals surface area contributed by atoms with Crippen LogP contribution in [0.25, 0.3) is 0 Å². The number of carbonyl (C=O) groups excluding carboxylic acids is 1. The quantitative estimate of drug-likeness (QED) is 0.312. The molecule has 0 aromatic heterocycles. The van der Waals surface area contributed by atoms with Crippen molar-refractivity contribution in [2.75, 3.05) is 18.7 Å². The molecule has 0 spiro atoms. The fourth-order valence-corrected chi connectivity index (χ4v) is 5.60. The Morgan fingerprint density at radius 1 is 1.03 bits per heavy atom. The first kappa shape index (κ1) is 27.4. The van der Waals surface area contributed by atoms with E-state index < -0.39 is 10.0 Å². The first-order valence-corrected chi connectivity index (χ1v) is 14.0. The van der Waals surface area contributed by atoms with Crippen molar-refractivity contribution >= 4 is 62.2 Å². The SMILES string of the molecule is COC(=O)CCc1ccc(S(=O)(=O)NCC2=NN(c3ccc(Cl)cc3Cl)C(c3ccc(Cl)cc3)C2)cc1. The molecule has 1 aliphatic rings. The first-order valence-electron chi connectivity index (χ1n) is 11.4. The van der Waals surface area contributed by atoms with Crippen molar-refractivity contribution in [3.8, 4) is 0 Å². The van der Waals surface area contributed by atoms with Crippen LogP contribution in [0.3, 0.4) is 0 Å². The minimum atomic E-state index is -3.79. The third kappa shape index (κ3) is 6.83. The van der Waals surface area contributed by atoms with Gasteiger partial charge in [0.05, 0.1) is 41.0 Å². The van der Waals surface area contributed by atoms with Gasteiger partial charge in [-0.25, -0.2) is 13.1 Å². The number of aryl methyl sites for hydroxylation is 1. The predicted octanol–water partition coefficient (Wildman–Crippen LogP) is 6.04. The minimum absolute atomic E-state index is 0.0260. The Kier molecular flexibility index (Phi) is 8.77. The van der Waals surface area contributed by atoms with Crippen LogP contribution >= 0.6 is 34.8 Å². The van der Waals surface area contributed by atoms with E-state index in [4.69, 9.17) is 39.9 Å². The molecule has 1 unspecified atom stereocenters. The summed E-state index contributed by atoms with van der Waals surface area (Å²) < 4.78 is 33.2. The largest absolute Gasteiger partial charge is 0.469 e. The molecule has 3 aromatic carbocycles. The van der Waals surface area contributed by atoms with Gasteiger partial charge < -0.3 is 4.74 Å². The lowest BCUT2D eigenvalue weighted by Gasteiger charge is -2.25. The van der Waals surface area contributed by atoms with Gasteiger partial charge in [-0.1, -0.05) is 59.1 Å². The zero-order valence-corrected chi connectivity index (χ0v) is 22.9. The van der Waals surface area contributed by atoms with Gasteiger partial charge in [0.2, 0.25) is 10.0 Å². The smallest absolute Gasteiger partial charge is 0.305 e. The van der Waals surface area contributed by atoms with Crippen LogP contribution in [0.4, 0.5) is 5.69 Å². The van der Waals surface area contributed by atoms with Crippen molar-refractivity contribution in [1.29, 1.82) is 0 Å². The molecule has 37 heavy (non-hydrogen) atoms. The molecular formula is C26H24Cl3N3O4S. The van der Waals surface area contributed by atoms with Crippen LogP contribution in [0.5, 0.6) is 0 Å². The van der Waals surface area contributed by atoms with Gasteiger partial charge in [0, 0.05) is 22.9 Å². The summed E-state index contributed by atoms with van der Waals surface area (Å²) in [7, 11) is -2.45. The Morgan fingerprint density at radius 3 is 2.35 bits per heavy atom. The summed E-state index contributed by atoms with van der Waals surface area (Å²) in [6, 6.07) is 18.8. The zero-order valence-electron chi connectivity index (χ0n) is 19.8. The Bertz CT molecular complexity index is 1410. The number of anilines is 1. The highest BCUT2D eigenvalue weighted by molar-refractivity contribution is 7.89. The number of methoxy groups -OCH3 is 1. The summed E-state index contributed by atoms with van der Waals surface area (Å²) in [6.07, 6.45) is 1.17. The van der Waals surface area contributed by atoms with Gasteiger partial charge in [0.15, 0.2) is 0 Å². The second-order valence-electron chi connectivity index (χ2n) is 8.42. The number of halogens is 3. The van der Waals surface area contributed by atoms with Gasteiger partial charge in [-0.15, -0.1) is 0 Å². The summed E-state index contributed by atoms with van der Waals surface area (Å²) in [6.45, 7) is 0.0260. The Balaban J connectivity index is 1.50. The van der Waals surface area contributed by atoms with Gasteiger partial charge in [-0.05, 0) is 60.0 Å². The maximum Gasteiger partial charge on any atom is 0.305 e. The van der Waals surface area contributed by atoms with Crippen LogP contribution in [-0.2, 0) is 26.0 Å². The zero-order chi connectivity index (χ0) is 26.6. The topological polar surface area (TPSA) is 88.1 Å². The van der Waals surface area contributed by atoms with Crippen molar-refractivity contribution in [1.82, 2.24) is 4.72 Å². The number of benzene rings is 3. The number of hydrazone groups is 1. The van der Waals surface area contributed by atoms with Crippen molar-refractivity contribution < 1.29 is 17.9 Å². The Morgan fingerprint density at radius 2 is 1.70 bits per heavy atom. The molecule has 0 radical (unpaired) electrons. The maximum absolute atomic E-state index is 12.9. The van der Waals surface area contributed by atoms with Gasteiger partial charge in [0.25, 0.3) is 0 Å². The summed E-state index contributed by atoms with van der Waals surface area (Å²) in [5.74, 6) is -0.318. The number of rotatable bonds is 9. The maximum atomic E-state index is 12.9. The summed E-state index contributed by atoms with van der Waals surface area (Å²) in [5.41, 5.74) is 3.10. The van der Waals surface area contributed by atoms with Crippen LogP contribution < -0.4 is 9.73 Å². The van der Waals surface area contributed by atoms with Crippen LogP contribution in [0.1, 0.15) is 30.0 Å². The van der Waals surface area contributed by atoms with Crippen molar-refractivity contribution in [2.45, 2.75) is 30.2 Å². The van der Waals surface area contributed by atoms with Gasteiger partial charge in [0.1, 0.15) is 0 Å². The molecule has 11 heteroatoms. The highest BCUT2D eigenvalue weighted by Gasteiger charge is 2.31. The molecule has 0 saturated carbocycles. The highest BCUT2D eigenvalue weighted by Crippen LogP contribution is 2.39. The number of nitrogens with zero attached hydrogens (tertiary/aromatic N) is 2. The lowest BCUT2D eigenvalue weighted by Crippen LogP contribution is -2.29. The van der Waals surface area contributed by atoms with E-state index in [0.717, 1.165) is 11.1 Å². The van der Waals surface area contributed by atoms with E-state index in [0.29, 0.717) is 39.3 Å². The normalized spacial score (nSPS) is 15.5. The number of ether oxygens (including phenoxy) is 1. The van der Waals surface area contributed by atoms with Crippen molar-refractivity contribution in [3.63, 3.8) is 0 Å². The average molecular weight is 581 g/mol. The van der Waals surface area contributed by atoms with Crippen LogP contribution in [0.15, 0.2) is 76.7 Å².